The molecule has 0 heterocycles. The Morgan fingerprint density at radius 2 is 1.09 bits per heavy atom. The van der Waals surface area contributed by atoms with Crippen LogP contribution in [0.4, 0.5) is 0 Å². The number of halogens is 2. The van der Waals surface area contributed by atoms with E-state index in [1.54, 1.807) is 22.4 Å². The van der Waals surface area contributed by atoms with Crippen molar-refractivity contribution in [2.24, 2.45) is 10.2 Å². The molecule has 2 aromatic carbocycles. The molecule has 0 spiro atoms. The van der Waals surface area contributed by atoms with Gasteiger partial charge in [-0.25, -0.2) is 0 Å². The second-order valence-electron chi connectivity index (χ2n) is 5.05. The summed E-state index contributed by atoms with van der Waals surface area (Å²) in [6.45, 7) is 0.564. The molecule has 4 nitrogen and oxygen atoms in total. The van der Waals surface area contributed by atoms with Gasteiger partial charge in [0, 0.05) is 24.1 Å². The molecule has 0 unspecified atom stereocenters. The summed E-state index contributed by atoms with van der Waals surface area (Å²) in [4.78, 5) is 0. The molecule has 0 N–H and O–H groups in total. The van der Waals surface area contributed by atoms with Crippen molar-refractivity contribution < 1.29 is 0 Å². The van der Waals surface area contributed by atoms with Gasteiger partial charge >= 0.3 is 0 Å². The highest BCUT2D eigenvalue weighted by Crippen LogP contribution is 2.09. The molecular weight excluding hydrogens is 331 g/mol. The van der Waals surface area contributed by atoms with Crippen LogP contribution in [0.1, 0.15) is 11.1 Å². The van der Waals surface area contributed by atoms with Crippen molar-refractivity contribution in [2.75, 3.05) is 20.8 Å². The lowest BCUT2D eigenvalue weighted by molar-refractivity contribution is 0.196. The van der Waals surface area contributed by atoms with Gasteiger partial charge in [0.2, 0.25) is 0 Å². The third-order valence-electron chi connectivity index (χ3n) is 2.96. The molecule has 120 valence electrons. The Balaban J connectivity index is 1.85. The average Bonchev–Trinajstić information content (AvgIpc) is 2.54. The predicted octanol–water partition coefficient (Wildman–Crippen LogP) is 4.18. The molecule has 0 atom stereocenters. The first-order valence-corrected chi connectivity index (χ1v) is 7.80. The van der Waals surface area contributed by atoms with Crippen molar-refractivity contribution in [1.29, 1.82) is 0 Å². The third kappa shape index (κ3) is 6.30. The van der Waals surface area contributed by atoms with Crippen molar-refractivity contribution in [2.45, 2.75) is 0 Å². The standard InChI is InChI=1S/C17H18Cl2N4/c1-22(20-11-14-3-7-16(18)8-4-14)13-23(2)21-12-15-5-9-17(19)10-6-15/h3-12H,13H2,1-2H3/b20-11-,21-12-. The smallest absolute Gasteiger partial charge is 0.122 e. The second-order valence-corrected chi connectivity index (χ2v) is 5.92. The maximum absolute atomic E-state index is 5.85. The van der Waals surface area contributed by atoms with Gasteiger partial charge in [-0.15, -0.1) is 0 Å². The van der Waals surface area contributed by atoms with Crippen LogP contribution in [0.5, 0.6) is 0 Å². The van der Waals surface area contributed by atoms with Crippen LogP contribution in [-0.2, 0) is 0 Å². The van der Waals surface area contributed by atoms with Crippen LogP contribution in [0.3, 0.4) is 0 Å². The van der Waals surface area contributed by atoms with Gasteiger partial charge in [0.15, 0.2) is 0 Å². The first kappa shape index (κ1) is 17.3. The quantitative estimate of drug-likeness (QED) is 0.445. The molecule has 0 aromatic heterocycles. The van der Waals surface area contributed by atoms with E-state index in [9.17, 15) is 0 Å². The Bertz CT molecular complexity index is 606. The summed E-state index contributed by atoms with van der Waals surface area (Å²) in [5.41, 5.74) is 1.99. The highest BCUT2D eigenvalue weighted by molar-refractivity contribution is 6.30. The largest absolute Gasteiger partial charge is 0.279 e. The first-order chi connectivity index (χ1) is 11.0. The minimum Gasteiger partial charge on any atom is -0.279 e. The minimum absolute atomic E-state index is 0.564. The van der Waals surface area contributed by atoms with Crippen molar-refractivity contribution >= 4 is 35.6 Å². The average molecular weight is 349 g/mol. The van der Waals surface area contributed by atoms with Crippen molar-refractivity contribution in [3.8, 4) is 0 Å². The Hall–Kier alpha value is -2.04. The summed E-state index contributed by atoms with van der Waals surface area (Å²) < 4.78 is 0. The van der Waals surface area contributed by atoms with Crippen LogP contribution in [0.15, 0.2) is 58.7 Å². The first-order valence-electron chi connectivity index (χ1n) is 7.04. The fourth-order valence-electron chi connectivity index (χ4n) is 1.80. The fourth-order valence-corrected chi connectivity index (χ4v) is 2.05. The summed E-state index contributed by atoms with van der Waals surface area (Å²) >= 11 is 11.7. The van der Waals surface area contributed by atoms with Crippen molar-refractivity contribution in [1.82, 2.24) is 10.0 Å². The van der Waals surface area contributed by atoms with Crippen LogP contribution < -0.4 is 0 Å². The molecule has 6 heteroatoms. The molecule has 0 aliphatic rings. The molecule has 0 radical (unpaired) electrons. The molecule has 23 heavy (non-hydrogen) atoms. The molecule has 0 aliphatic heterocycles. The number of hydrazone groups is 2. The van der Waals surface area contributed by atoms with Crippen molar-refractivity contribution in [3.63, 3.8) is 0 Å². The van der Waals surface area contributed by atoms with Crippen LogP contribution in [-0.4, -0.2) is 43.2 Å². The molecule has 0 saturated heterocycles. The maximum atomic E-state index is 5.85. The topological polar surface area (TPSA) is 31.2 Å². The van der Waals surface area contributed by atoms with Crippen LogP contribution in [0, 0.1) is 0 Å². The summed E-state index contributed by atoms with van der Waals surface area (Å²) in [7, 11) is 3.78. The van der Waals surface area contributed by atoms with Crippen LogP contribution in [0.25, 0.3) is 0 Å². The van der Waals surface area contributed by atoms with Gasteiger partial charge in [0.25, 0.3) is 0 Å². The molecule has 2 rings (SSSR count). The predicted molar refractivity (Wildman–Crippen MR) is 98.5 cm³/mol. The van der Waals surface area contributed by atoms with Gasteiger partial charge in [-0.1, -0.05) is 47.5 Å². The molecule has 2 aromatic rings. The highest BCUT2D eigenvalue weighted by Gasteiger charge is 1.97. The van der Waals surface area contributed by atoms with E-state index in [4.69, 9.17) is 23.2 Å². The van der Waals surface area contributed by atoms with E-state index in [0.717, 1.165) is 11.1 Å². The zero-order valence-electron chi connectivity index (χ0n) is 13.0. The van der Waals surface area contributed by atoms with Gasteiger partial charge in [-0.05, 0) is 35.4 Å². The molecular formula is C17H18Cl2N4. The molecule has 0 saturated carbocycles. The summed E-state index contributed by atoms with van der Waals surface area (Å²) in [6, 6.07) is 15.0. The van der Waals surface area contributed by atoms with Crippen LogP contribution in [0.2, 0.25) is 10.0 Å². The number of hydrogen-bond donors (Lipinski definition) is 0. The number of rotatable bonds is 6. The lowest BCUT2D eigenvalue weighted by Crippen LogP contribution is -2.26. The highest BCUT2D eigenvalue weighted by atomic mass is 35.5. The molecule has 0 aliphatic carbocycles. The van der Waals surface area contributed by atoms with E-state index in [2.05, 4.69) is 10.2 Å². The minimum atomic E-state index is 0.564. The zero-order chi connectivity index (χ0) is 16.7. The lowest BCUT2D eigenvalue weighted by Gasteiger charge is -2.19. The fraction of sp³-hybridized carbons (Fsp3) is 0.176. The van der Waals surface area contributed by atoms with E-state index < -0.39 is 0 Å². The Morgan fingerprint density at radius 1 is 0.739 bits per heavy atom. The number of nitrogens with zero attached hydrogens (tertiary/aromatic N) is 4. The van der Waals surface area contributed by atoms with Crippen molar-refractivity contribution in [3.05, 3.63) is 69.7 Å². The van der Waals surface area contributed by atoms with E-state index >= 15 is 0 Å². The zero-order valence-corrected chi connectivity index (χ0v) is 14.5. The maximum Gasteiger partial charge on any atom is 0.122 e. The van der Waals surface area contributed by atoms with Gasteiger partial charge in [-0.2, -0.15) is 10.2 Å². The van der Waals surface area contributed by atoms with E-state index in [1.165, 1.54) is 0 Å². The third-order valence-corrected chi connectivity index (χ3v) is 3.46. The Kier molecular flexibility index (Phi) is 6.44. The monoisotopic (exact) mass is 348 g/mol. The van der Waals surface area contributed by atoms with E-state index in [-0.39, 0.29) is 0 Å². The number of benzene rings is 2. The Morgan fingerprint density at radius 3 is 1.43 bits per heavy atom. The van der Waals surface area contributed by atoms with Gasteiger partial charge < -0.3 is 0 Å². The molecule has 0 fully saturated rings. The summed E-state index contributed by atoms with van der Waals surface area (Å²) in [5.74, 6) is 0. The molecule has 0 amide bonds. The Labute approximate surface area is 146 Å². The van der Waals surface area contributed by atoms with Gasteiger partial charge in [0.1, 0.15) is 6.67 Å². The number of hydrogen-bond acceptors (Lipinski definition) is 4. The van der Waals surface area contributed by atoms with E-state index in [1.807, 2.05) is 62.6 Å². The summed E-state index contributed by atoms with van der Waals surface area (Å²) in [6.07, 6.45) is 3.57. The normalized spacial score (nSPS) is 11.3. The SMILES string of the molecule is CN(CN(C)/N=C\c1ccc(Cl)cc1)/N=C\c1ccc(Cl)cc1. The lowest BCUT2D eigenvalue weighted by atomic mass is 10.2. The van der Waals surface area contributed by atoms with E-state index in [0.29, 0.717) is 16.7 Å². The second kappa shape index (κ2) is 8.56. The van der Waals surface area contributed by atoms with Gasteiger partial charge in [0.05, 0.1) is 12.4 Å². The van der Waals surface area contributed by atoms with Gasteiger partial charge in [-0.3, -0.25) is 10.0 Å². The molecule has 0 bridgehead atoms. The van der Waals surface area contributed by atoms with Crippen LogP contribution >= 0.6 is 23.2 Å². The summed E-state index contributed by atoms with van der Waals surface area (Å²) in [5, 5.41) is 13.8.